The number of carbonyl (C=O) groups excluding carboxylic acids is 2. The lowest BCUT2D eigenvalue weighted by Crippen LogP contribution is -2.56. The zero-order valence-corrected chi connectivity index (χ0v) is 17.9. The third kappa shape index (κ3) is 6.56. The number of rotatable bonds is 8. The predicted molar refractivity (Wildman–Crippen MR) is 110 cm³/mol. The Labute approximate surface area is 171 Å². The number of hydrogen-bond acceptors (Lipinski definition) is 3. The molecule has 1 aromatic rings. The number of benzene rings is 1. The van der Waals surface area contributed by atoms with Gasteiger partial charge in [0.1, 0.15) is 0 Å². The van der Waals surface area contributed by atoms with Crippen molar-refractivity contribution in [3.05, 3.63) is 34.3 Å². The van der Waals surface area contributed by atoms with Crippen LogP contribution in [0.25, 0.3) is 0 Å². The van der Waals surface area contributed by atoms with Crippen LogP contribution in [-0.2, 0) is 16.1 Å². The van der Waals surface area contributed by atoms with Gasteiger partial charge in [0, 0.05) is 37.2 Å². The first-order chi connectivity index (χ1) is 12.0. The fourth-order valence-corrected chi connectivity index (χ4v) is 3.62. The first-order valence-corrected chi connectivity index (χ1v) is 9.88. The SMILES string of the molecule is CCCN(CCC)C(=O)CC1NCCN(Cc2cccc(Br)c2)C1=O.Cl. The van der Waals surface area contributed by atoms with E-state index >= 15 is 0 Å². The highest BCUT2D eigenvalue weighted by molar-refractivity contribution is 9.10. The molecule has 146 valence electrons. The minimum atomic E-state index is -0.412. The van der Waals surface area contributed by atoms with Crippen molar-refractivity contribution in [1.82, 2.24) is 15.1 Å². The molecule has 0 aliphatic carbocycles. The lowest BCUT2D eigenvalue weighted by atomic mass is 10.1. The number of halogens is 2. The summed E-state index contributed by atoms with van der Waals surface area (Å²) in [5.74, 6) is 0.0892. The summed E-state index contributed by atoms with van der Waals surface area (Å²) in [7, 11) is 0. The molecule has 1 unspecified atom stereocenters. The summed E-state index contributed by atoms with van der Waals surface area (Å²) >= 11 is 3.47. The molecule has 2 rings (SSSR count). The van der Waals surface area contributed by atoms with Crippen LogP contribution in [0.1, 0.15) is 38.7 Å². The Hall–Kier alpha value is -1.11. The molecule has 1 heterocycles. The number of piperazine rings is 1. The fraction of sp³-hybridized carbons (Fsp3) is 0.579. The molecular weight excluding hydrogens is 418 g/mol. The summed E-state index contributed by atoms with van der Waals surface area (Å²) in [6.07, 6.45) is 2.12. The van der Waals surface area contributed by atoms with Crippen LogP contribution in [-0.4, -0.2) is 53.8 Å². The maximum Gasteiger partial charge on any atom is 0.240 e. The Morgan fingerprint density at radius 1 is 1.31 bits per heavy atom. The Morgan fingerprint density at radius 2 is 2.00 bits per heavy atom. The third-order valence-corrected chi connectivity index (χ3v) is 4.86. The van der Waals surface area contributed by atoms with Crippen molar-refractivity contribution in [3.8, 4) is 0 Å². The van der Waals surface area contributed by atoms with Gasteiger partial charge >= 0.3 is 0 Å². The van der Waals surface area contributed by atoms with E-state index in [2.05, 4.69) is 35.1 Å². The minimum Gasteiger partial charge on any atom is -0.343 e. The number of amides is 2. The topological polar surface area (TPSA) is 52.7 Å². The molecule has 1 N–H and O–H groups in total. The van der Waals surface area contributed by atoms with Gasteiger partial charge in [0.25, 0.3) is 0 Å². The first kappa shape index (κ1) is 22.9. The zero-order chi connectivity index (χ0) is 18.2. The van der Waals surface area contributed by atoms with E-state index in [4.69, 9.17) is 0 Å². The summed E-state index contributed by atoms with van der Waals surface area (Å²) in [4.78, 5) is 29.0. The van der Waals surface area contributed by atoms with Gasteiger partial charge in [-0.2, -0.15) is 0 Å². The van der Waals surface area contributed by atoms with Crippen molar-refractivity contribution < 1.29 is 9.59 Å². The van der Waals surface area contributed by atoms with Gasteiger partial charge in [0.2, 0.25) is 11.8 Å². The van der Waals surface area contributed by atoms with E-state index in [1.54, 1.807) is 0 Å². The molecule has 1 atom stereocenters. The Balaban J connectivity index is 0.00000338. The number of carbonyl (C=O) groups is 2. The highest BCUT2D eigenvalue weighted by Gasteiger charge is 2.31. The second kappa shape index (κ2) is 11.6. The minimum absolute atomic E-state index is 0. The van der Waals surface area contributed by atoms with Crippen molar-refractivity contribution in [1.29, 1.82) is 0 Å². The Kier molecular flexibility index (Phi) is 10.2. The molecule has 0 spiro atoms. The lowest BCUT2D eigenvalue weighted by Gasteiger charge is -2.34. The molecule has 2 amide bonds. The summed E-state index contributed by atoms with van der Waals surface area (Å²) in [6.45, 7) is 7.63. The van der Waals surface area contributed by atoms with Crippen LogP contribution >= 0.6 is 28.3 Å². The van der Waals surface area contributed by atoms with Crippen LogP contribution in [0.15, 0.2) is 28.7 Å². The fourth-order valence-electron chi connectivity index (χ4n) is 3.17. The van der Waals surface area contributed by atoms with E-state index in [9.17, 15) is 9.59 Å². The van der Waals surface area contributed by atoms with Gasteiger partial charge < -0.3 is 15.1 Å². The third-order valence-electron chi connectivity index (χ3n) is 4.36. The maximum atomic E-state index is 12.8. The maximum absolute atomic E-state index is 12.8. The normalized spacial score (nSPS) is 17.0. The van der Waals surface area contributed by atoms with Gasteiger partial charge in [0.05, 0.1) is 12.5 Å². The number of nitrogens with one attached hydrogen (secondary N) is 1. The van der Waals surface area contributed by atoms with Crippen LogP contribution in [0.3, 0.4) is 0 Å². The second-order valence-corrected chi connectivity index (χ2v) is 7.40. The van der Waals surface area contributed by atoms with Gasteiger partial charge in [-0.25, -0.2) is 0 Å². The van der Waals surface area contributed by atoms with E-state index in [0.29, 0.717) is 13.1 Å². The van der Waals surface area contributed by atoms with Crippen LogP contribution in [0.5, 0.6) is 0 Å². The molecule has 26 heavy (non-hydrogen) atoms. The van der Waals surface area contributed by atoms with Crippen LogP contribution < -0.4 is 5.32 Å². The average molecular weight is 447 g/mol. The average Bonchev–Trinajstić information content (AvgIpc) is 2.58. The lowest BCUT2D eigenvalue weighted by molar-refractivity contribution is -0.141. The molecule has 1 saturated heterocycles. The van der Waals surface area contributed by atoms with Crippen LogP contribution in [0.4, 0.5) is 0 Å². The molecule has 1 aliphatic heterocycles. The highest BCUT2D eigenvalue weighted by Crippen LogP contribution is 2.16. The molecule has 0 bridgehead atoms. The standard InChI is InChI=1S/C19H28BrN3O2.ClH/c1-3-9-22(10-4-2)18(24)13-17-19(25)23(11-8-21-17)14-15-6-5-7-16(20)12-15;/h5-7,12,17,21H,3-4,8-11,13-14H2,1-2H3;1H. The smallest absolute Gasteiger partial charge is 0.240 e. The molecule has 0 aromatic heterocycles. The molecule has 5 nitrogen and oxygen atoms in total. The summed E-state index contributed by atoms with van der Waals surface area (Å²) in [5.41, 5.74) is 1.09. The van der Waals surface area contributed by atoms with Crippen molar-refractivity contribution in [3.63, 3.8) is 0 Å². The monoisotopic (exact) mass is 445 g/mol. The first-order valence-electron chi connectivity index (χ1n) is 9.09. The largest absolute Gasteiger partial charge is 0.343 e. The number of nitrogens with zero attached hydrogens (tertiary/aromatic N) is 2. The van der Waals surface area contributed by atoms with E-state index < -0.39 is 6.04 Å². The van der Waals surface area contributed by atoms with E-state index in [1.165, 1.54) is 0 Å². The van der Waals surface area contributed by atoms with E-state index in [1.807, 2.05) is 34.1 Å². The Bertz CT molecular complexity index is 594. The van der Waals surface area contributed by atoms with Gasteiger partial charge in [0.15, 0.2) is 0 Å². The van der Waals surface area contributed by atoms with Gasteiger partial charge in [-0.05, 0) is 30.5 Å². The van der Waals surface area contributed by atoms with E-state index in [-0.39, 0.29) is 30.6 Å². The molecular formula is C19H29BrClN3O2. The molecule has 1 fully saturated rings. The predicted octanol–water partition coefficient (Wildman–Crippen LogP) is 3.21. The van der Waals surface area contributed by atoms with Crippen LogP contribution in [0, 0.1) is 0 Å². The summed E-state index contributed by atoms with van der Waals surface area (Å²) in [5, 5.41) is 3.22. The van der Waals surface area contributed by atoms with Gasteiger partial charge in [-0.1, -0.05) is 41.9 Å². The molecule has 7 heteroatoms. The van der Waals surface area contributed by atoms with Crippen molar-refractivity contribution in [2.45, 2.75) is 45.7 Å². The zero-order valence-electron chi connectivity index (χ0n) is 15.5. The highest BCUT2D eigenvalue weighted by atomic mass is 79.9. The van der Waals surface area contributed by atoms with Crippen molar-refractivity contribution in [2.24, 2.45) is 0 Å². The van der Waals surface area contributed by atoms with Gasteiger partial charge in [-0.15, -0.1) is 12.4 Å². The number of hydrogen-bond donors (Lipinski definition) is 1. The van der Waals surface area contributed by atoms with E-state index in [0.717, 1.165) is 42.5 Å². The van der Waals surface area contributed by atoms with Crippen molar-refractivity contribution >= 4 is 40.2 Å². The summed E-state index contributed by atoms with van der Waals surface area (Å²) < 4.78 is 1.01. The molecule has 0 saturated carbocycles. The quantitative estimate of drug-likeness (QED) is 0.667. The Morgan fingerprint density at radius 3 is 2.62 bits per heavy atom. The van der Waals surface area contributed by atoms with Crippen LogP contribution in [0.2, 0.25) is 0 Å². The molecule has 0 radical (unpaired) electrons. The summed E-state index contributed by atoms with van der Waals surface area (Å²) in [6, 6.07) is 7.58. The second-order valence-electron chi connectivity index (χ2n) is 6.48. The molecule has 1 aliphatic rings. The molecule has 1 aromatic carbocycles. The van der Waals surface area contributed by atoms with Crippen molar-refractivity contribution in [2.75, 3.05) is 26.2 Å². The van der Waals surface area contributed by atoms with Gasteiger partial charge in [-0.3, -0.25) is 9.59 Å².